The zero-order valence-corrected chi connectivity index (χ0v) is 13.0. The number of hydrogen-bond acceptors (Lipinski definition) is 5. The molecule has 0 radical (unpaired) electrons. The molecule has 0 amide bonds. The molecule has 6 heteroatoms. The molecule has 1 fully saturated rings. The van der Waals surface area contributed by atoms with E-state index in [1.807, 2.05) is 6.92 Å². The van der Waals surface area contributed by atoms with E-state index in [0.717, 1.165) is 12.8 Å². The van der Waals surface area contributed by atoms with Crippen molar-refractivity contribution in [2.24, 2.45) is 5.92 Å². The van der Waals surface area contributed by atoms with Crippen molar-refractivity contribution >= 4 is 17.5 Å². The molecule has 1 N–H and O–H groups in total. The van der Waals surface area contributed by atoms with Crippen LogP contribution in [0.2, 0.25) is 5.28 Å². The number of nitrogens with zero attached hydrogens (tertiary/aromatic N) is 3. The van der Waals surface area contributed by atoms with Crippen LogP contribution in [0.3, 0.4) is 0 Å². The van der Waals surface area contributed by atoms with E-state index in [2.05, 4.69) is 27.2 Å². The second-order valence-corrected chi connectivity index (χ2v) is 5.60. The molecular weight excluding hydrogens is 276 g/mol. The summed E-state index contributed by atoms with van der Waals surface area (Å²) in [4.78, 5) is 12.4. The molecule has 0 bridgehead atoms. The Kier molecular flexibility index (Phi) is 5.83. The standard InChI is InChI=1S/C14H23ClN4O/c1-3-9-20-14-18-12(15)17-13(19-14)16-11-8-6-5-7-10(11)4-2/h10-11H,3-9H2,1-2H3,(H,16,17,18,19). The number of rotatable bonds is 6. The van der Waals surface area contributed by atoms with Gasteiger partial charge >= 0.3 is 6.01 Å². The highest BCUT2D eigenvalue weighted by Crippen LogP contribution is 2.29. The van der Waals surface area contributed by atoms with Crippen molar-refractivity contribution in [1.82, 2.24) is 15.0 Å². The van der Waals surface area contributed by atoms with Crippen molar-refractivity contribution in [3.8, 4) is 6.01 Å². The smallest absolute Gasteiger partial charge is 0.322 e. The quantitative estimate of drug-likeness (QED) is 0.868. The van der Waals surface area contributed by atoms with Crippen LogP contribution in [0.4, 0.5) is 5.95 Å². The van der Waals surface area contributed by atoms with Gasteiger partial charge in [-0.2, -0.15) is 15.0 Å². The third kappa shape index (κ3) is 4.20. The molecule has 5 nitrogen and oxygen atoms in total. The van der Waals surface area contributed by atoms with Gasteiger partial charge in [-0.15, -0.1) is 0 Å². The Morgan fingerprint density at radius 2 is 2.00 bits per heavy atom. The van der Waals surface area contributed by atoms with E-state index in [-0.39, 0.29) is 5.28 Å². The number of halogens is 1. The van der Waals surface area contributed by atoms with Gasteiger partial charge in [0.15, 0.2) is 0 Å². The van der Waals surface area contributed by atoms with Crippen LogP contribution in [-0.4, -0.2) is 27.6 Å². The molecule has 0 aromatic carbocycles. The van der Waals surface area contributed by atoms with Gasteiger partial charge in [-0.3, -0.25) is 0 Å². The fraction of sp³-hybridized carbons (Fsp3) is 0.786. The average Bonchev–Trinajstić information content (AvgIpc) is 2.45. The highest BCUT2D eigenvalue weighted by atomic mass is 35.5. The minimum Gasteiger partial charge on any atom is -0.463 e. The fourth-order valence-corrected chi connectivity index (χ4v) is 2.86. The van der Waals surface area contributed by atoms with Crippen molar-refractivity contribution in [2.45, 2.75) is 58.4 Å². The third-order valence-electron chi connectivity index (χ3n) is 3.77. The molecule has 1 saturated carbocycles. The Morgan fingerprint density at radius 1 is 1.20 bits per heavy atom. The summed E-state index contributed by atoms with van der Waals surface area (Å²) in [5.74, 6) is 1.21. The van der Waals surface area contributed by atoms with Crippen molar-refractivity contribution in [3.63, 3.8) is 0 Å². The van der Waals surface area contributed by atoms with Crippen LogP contribution in [0.25, 0.3) is 0 Å². The van der Waals surface area contributed by atoms with Crippen molar-refractivity contribution in [3.05, 3.63) is 5.28 Å². The first-order valence-corrected chi connectivity index (χ1v) is 7.91. The monoisotopic (exact) mass is 298 g/mol. The Labute approximate surface area is 125 Å². The Morgan fingerprint density at radius 3 is 2.75 bits per heavy atom. The lowest BCUT2D eigenvalue weighted by Crippen LogP contribution is -2.32. The first kappa shape index (κ1) is 15.3. The second kappa shape index (κ2) is 7.62. The summed E-state index contributed by atoms with van der Waals surface area (Å²) in [5.41, 5.74) is 0. The summed E-state index contributed by atoms with van der Waals surface area (Å²) in [6.45, 7) is 4.86. The van der Waals surface area contributed by atoms with Gasteiger partial charge in [0.25, 0.3) is 0 Å². The first-order valence-electron chi connectivity index (χ1n) is 7.53. The van der Waals surface area contributed by atoms with Crippen molar-refractivity contribution < 1.29 is 4.74 Å². The lowest BCUT2D eigenvalue weighted by molar-refractivity contribution is 0.290. The van der Waals surface area contributed by atoms with Gasteiger partial charge in [0.05, 0.1) is 6.61 Å². The Hall–Kier alpha value is -1.10. The summed E-state index contributed by atoms with van der Waals surface area (Å²) in [7, 11) is 0. The molecule has 2 unspecified atom stereocenters. The van der Waals surface area contributed by atoms with Gasteiger partial charge in [-0.25, -0.2) is 0 Å². The van der Waals surface area contributed by atoms with E-state index in [1.54, 1.807) is 0 Å². The van der Waals surface area contributed by atoms with E-state index < -0.39 is 0 Å². The maximum Gasteiger partial charge on any atom is 0.322 e. The van der Waals surface area contributed by atoms with E-state index in [9.17, 15) is 0 Å². The van der Waals surface area contributed by atoms with Crippen LogP contribution < -0.4 is 10.1 Å². The third-order valence-corrected chi connectivity index (χ3v) is 3.94. The van der Waals surface area contributed by atoms with Gasteiger partial charge in [0, 0.05) is 6.04 Å². The summed E-state index contributed by atoms with van der Waals surface area (Å²) in [6, 6.07) is 0.726. The minimum absolute atomic E-state index is 0.178. The maximum absolute atomic E-state index is 5.93. The maximum atomic E-state index is 5.93. The second-order valence-electron chi connectivity index (χ2n) is 5.26. The summed E-state index contributed by atoms with van der Waals surface area (Å²) in [6.07, 6.45) is 7.09. The van der Waals surface area contributed by atoms with Crippen LogP contribution in [-0.2, 0) is 0 Å². The molecule has 112 valence electrons. The van der Waals surface area contributed by atoms with E-state index >= 15 is 0 Å². The molecule has 2 atom stereocenters. The van der Waals surface area contributed by atoms with Gasteiger partial charge < -0.3 is 10.1 Å². The Balaban J connectivity index is 2.05. The first-order chi connectivity index (χ1) is 9.72. The molecule has 1 aromatic heterocycles. The normalized spacial score (nSPS) is 22.6. The number of aromatic nitrogens is 3. The average molecular weight is 299 g/mol. The number of ether oxygens (including phenoxy) is 1. The number of nitrogens with one attached hydrogen (secondary N) is 1. The number of anilines is 1. The topological polar surface area (TPSA) is 59.9 Å². The molecule has 0 spiro atoms. The number of hydrogen-bond donors (Lipinski definition) is 1. The zero-order chi connectivity index (χ0) is 14.4. The molecule has 1 heterocycles. The molecule has 1 aliphatic rings. The highest BCUT2D eigenvalue weighted by molar-refractivity contribution is 6.28. The minimum atomic E-state index is 0.178. The predicted molar refractivity (Wildman–Crippen MR) is 80.3 cm³/mol. The van der Waals surface area contributed by atoms with Crippen LogP contribution >= 0.6 is 11.6 Å². The summed E-state index contributed by atoms with van der Waals surface area (Å²) < 4.78 is 5.43. The van der Waals surface area contributed by atoms with Crippen LogP contribution in [0, 0.1) is 5.92 Å². The van der Waals surface area contributed by atoms with Crippen LogP contribution in [0.5, 0.6) is 6.01 Å². The van der Waals surface area contributed by atoms with E-state index in [1.165, 1.54) is 25.7 Å². The van der Waals surface area contributed by atoms with Gasteiger partial charge in [0.2, 0.25) is 11.2 Å². The zero-order valence-electron chi connectivity index (χ0n) is 12.2. The molecule has 0 aliphatic heterocycles. The van der Waals surface area contributed by atoms with Crippen LogP contribution in [0.1, 0.15) is 52.4 Å². The summed E-state index contributed by atoms with van der Waals surface area (Å²) in [5, 5.41) is 3.59. The van der Waals surface area contributed by atoms with Gasteiger partial charge in [0.1, 0.15) is 0 Å². The molecule has 0 saturated heterocycles. The highest BCUT2D eigenvalue weighted by Gasteiger charge is 2.24. The lowest BCUT2D eigenvalue weighted by Gasteiger charge is -2.31. The molecule has 2 rings (SSSR count). The van der Waals surface area contributed by atoms with Crippen molar-refractivity contribution in [1.29, 1.82) is 0 Å². The predicted octanol–water partition coefficient (Wildman–Crippen LogP) is 3.69. The molecule has 1 aromatic rings. The Bertz CT molecular complexity index is 430. The largest absolute Gasteiger partial charge is 0.463 e. The lowest BCUT2D eigenvalue weighted by atomic mass is 9.83. The van der Waals surface area contributed by atoms with Crippen LogP contribution in [0.15, 0.2) is 0 Å². The molecule has 1 aliphatic carbocycles. The SMILES string of the molecule is CCCOc1nc(Cl)nc(NC2CCCCC2CC)n1. The van der Waals surface area contributed by atoms with E-state index in [0.29, 0.717) is 30.5 Å². The summed E-state index contributed by atoms with van der Waals surface area (Å²) >= 11 is 5.93. The van der Waals surface area contributed by atoms with E-state index in [4.69, 9.17) is 16.3 Å². The molecular formula is C14H23ClN4O. The van der Waals surface area contributed by atoms with Gasteiger partial charge in [-0.05, 0) is 36.8 Å². The van der Waals surface area contributed by atoms with Gasteiger partial charge in [-0.1, -0.05) is 33.1 Å². The van der Waals surface area contributed by atoms with Crippen molar-refractivity contribution in [2.75, 3.05) is 11.9 Å². The molecule has 20 heavy (non-hydrogen) atoms. The fourth-order valence-electron chi connectivity index (χ4n) is 2.71.